The van der Waals surface area contributed by atoms with Crippen LogP contribution in [0.1, 0.15) is 18.4 Å². The smallest absolute Gasteiger partial charge is 0.145 e. The summed E-state index contributed by atoms with van der Waals surface area (Å²) in [6.45, 7) is 0. The molecule has 0 aliphatic heterocycles. The Morgan fingerprint density at radius 2 is 0.965 bits per heavy atom. The molecule has 2 heterocycles. The lowest BCUT2D eigenvalue weighted by Gasteiger charge is -2.28. The molecule has 1 aliphatic carbocycles. The van der Waals surface area contributed by atoms with Crippen LogP contribution < -0.4 is 4.90 Å². The maximum absolute atomic E-state index is 6.86. The average Bonchev–Trinajstić information content (AvgIpc) is 3.84. The van der Waals surface area contributed by atoms with E-state index in [9.17, 15) is 0 Å². The quantitative estimate of drug-likeness (QED) is 0.163. The van der Waals surface area contributed by atoms with Crippen molar-refractivity contribution < 1.29 is 4.42 Å². The fourth-order valence-corrected chi connectivity index (χ4v) is 8.78. The zero-order valence-corrected chi connectivity index (χ0v) is 31.3. The molecule has 11 rings (SSSR count). The summed E-state index contributed by atoms with van der Waals surface area (Å²) < 4.78 is 9.37. The summed E-state index contributed by atoms with van der Waals surface area (Å²) in [5.41, 5.74) is 16.0. The second-order valence-corrected chi connectivity index (χ2v) is 14.8. The monoisotopic (exact) mass is 730 g/mol. The second-order valence-electron chi connectivity index (χ2n) is 14.8. The number of allylic oxidation sites excluding steroid dienone is 4. The summed E-state index contributed by atoms with van der Waals surface area (Å²) in [7, 11) is 0. The van der Waals surface area contributed by atoms with Gasteiger partial charge in [0.2, 0.25) is 0 Å². The summed E-state index contributed by atoms with van der Waals surface area (Å²) >= 11 is 0. The number of benzene rings is 8. The number of furan rings is 1. The first-order valence-corrected chi connectivity index (χ1v) is 19.7. The molecule has 0 N–H and O–H groups in total. The average molecular weight is 731 g/mol. The van der Waals surface area contributed by atoms with Crippen LogP contribution in [-0.4, -0.2) is 4.57 Å². The van der Waals surface area contributed by atoms with Gasteiger partial charge in [0.25, 0.3) is 0 Å². The first-order chi connectivity index (χ1) is 28.3. The van der Waals surface area contributed by atoms with Crippen LogP contribution in [0.4, 0.5) is 17.1 Å². The molecule has 0 spiro atoms. The maximum atomic E-state index is 6.86. The Hall–Kier alpha value is -7.36. The standard InChI is InChI=1S/C54H38N2O/c1-4-14-37(15-5-1)40-24-30-43(31-25-40)55(44-32-26-41(27-33-44)38-16-6-2-7-17-38)50-36-48-46-20-11-13-23-51(46)57-54(48)52-47-21-10-12-22-49(47)56(53(50)52)45-34-28-42(29-35-45)39-18-8-3-9-19-39/h1-28,30-34,36H,29,35H2. The molecule has 0 bridgehead atoms. The van der Waals surface area contributed by atoms with Crippen LogP contribution in [0.5, 0.6) is 0 Å². The van der Waals surface area contributed by atoms with E-state index in [0.29, 0.717) is 0 Å². The highest BCUT2D eigenvalue weighted by atomic mass is 16.3. The summed E-state index contributed by atoms with van der Waals surface area (Å²) in [5.74, 6) is 0. The van der Waals surface area contributed by atoms with Gasteiger partial charge in [-0.25, -0.2) is 0 Å². The van der Waals surface area contributed by atoms with Gasteiger partial charge in [-0.15, -0.1) is 0 Å². The fraction of sp³-hybridized carbons (Fsp3) is 0.0370. The molecule has 0 saturated carbocycles. The van der Waals surface area contributed by atoms with E-state index in [1.807, 2.05) is 0 Å². The third-order valence-electron chi connectivity index (χ3n) is 11.5. The van der Waals surface area contributed by atoms with Gasteiger partial charge in [-0.05, 0) is 94.8 Å². The number of hydrogen-bond acceptors (Lipinski definition) is 2. The Kier molecular flexibility index (Phi) is 7.96. The third kappa shape index (κ3) is 5.67. The van der Waals surface area contributed by atoms with Gasteiger partial charge >= 0.3 is 0 Å². The van der Waals surface area contributed by atoms with Crippen molar-refractivity contribution in [3.8, 4) is 22.3 Å². The van der Waals surface area contributed by atoms with Gasteiger partial charge in [0.05, 0.1) is 22.1 Å². The van der Waals surface area contributed by atoms with Gasteiger partial charge in [0.15, 0.2) is 0 Å². The molecule has 0 atom stereocenters. The maximum Gasteiger partial charge on any atom is 0.145 e. The fourth-order valence-electron chi connectivity index (χ4n) is 8.78. The number of aromatic nitrogens is 1. The Bertz CT molecular complexity index is 3050. The number of nitrogens with zero attached hydrogens (tertiary/aromatic N) is 2. The summed E-state index contributed by atoms with van der Waals surface area (Å²) in [5, 5.41) is 4.51. The van der Waals surface area contributed by atoms with Crippen LogP contribution in [0.25, 0.3) is 77.3 Å². The largest absolute Gasteiger partial charge is 0.455 e. The van der Waals surface area contributed by atoms with E-state index in [1.54, 1.807) is 0 Å². The lowest BCUT2D eigenvalue weighted by molar-refractivity contribution is 0.673. The number of hydrogen-bond donors (Lipinski definition) is 0. The molecule has 0 amide bonds. The molecule has 3 heteroatoms. The summed E-state index contributed by atoms with van der Waals surface area (Å²) in [6.07, 6.45) is 6.51. The van der Waals surface area contributed by atoms with Crippen LogP contribution >= 0.6 is 0 Å². The number of fused-ring (bicyclic) bond motifs is 7. The SMILES string of the molecule is C1=C(c2ccccc2)CCC(n2c3ccccc3c3c4oc5ccccc5c4cc(N(c4ccc(-c5ccccc5)cc4)c4ccc(-c5ccccc5)cc4)c32)=C1. The van der Waals surface area contributed by atoms with E-state index in [0.717, 1.165) is 62.7 Å². The lowest BCUT2D eigenvalue weighted by Crippen LogP contribution is -2.12. The van der Waals surface area contributed by atoms with Gasteiger partial charge in [0.1, 0.15) is 11.2 Å². The molecule has 2 aromatic heterocycles. The molecular formula is C54H38N2O. The van der Waals surface area contributed by atoms with Crippen LogP contribution in [0, 0.1) is 0 Å². The zero-order chi connectivity index (χ0) is 37.7. The number of para-hydroxylation sites is 2. The van der Waals surface area contributed by atoms with Gasteiger partial charge in [-0.2, -0.15) is 0 Å². The molecular weight excluding hydrogens is 693 g/mol. The van der Waals surface area contributed by atoms with E-state index in [2.05, 4.69) is 216 Å². The minimum absolute atomic E-state index is 0.890. The molecule has 0 saturated heterocycles. The predicted molar refractivity (Wildman–Crippen MR) is 240 cm³/mol. The molecule has 10 aromatic rings. The van der Waals surface area contributed by atoms with Crippen molar-refractivity contribution in [2.24, 2.45) is 0 Å². The van der Waals surface area contributed by atoms with Crippen molar-refractivity contribution in [3.63, 3.8) is 0 Å². The summed E-state index contributed by atoms with van der Waals surface area (Å²) in [6, 6.07) is 69.6. The normalized spacial score (nSPS) is 13.0. The van der Waals surface area contributed by atoms with E-state index >= 15 is 0 Å². The highest BCUT2D eigenvalue weighted by molar-refractivity contribution is 6.28. The summed E-state index contributed by atoms with van der Waals surface area (Å²) in [4.78, 5) is 2.44. The van der Waals surface area contributed by atoms with Gasteiger partial charge in [0, 0.05) is 33.2 Å². The van der Waals surface area contributed by atoms with E-state index in [-0.39, 0.29) is 0 Å². The molecule has 8 aromatic carbocycles. The highest BCUT2D eigenvalue weighted by Crippen LogP contribution is 2.49. The minimum atomic E-state index is 0.890. The van der Waals surface area contributed by atoms with Crippen molar-refractivity contribution in [1.29, 1.82) is 0 Å². The van der Waals surface area contributed by atoms with Crippen LogP contribution in [0.15, 0.2) is 211 Å². The Balaban J connectivity index is 1.21. The second kappa shape index (κ2) is 13.7. The molecule has 0 fully saturated rings. The molecule has 3 nitrogen and oxygen atoms in total. The van der Waals surface area contributed by atoms with Gasteiger partial charge in [-0.3, -0.25) is 0 Å². The van der Waals surface area contributed by atoms with E-state index in [4.69, 9.17) is 4.42 Å². The van der Waals surface area contributed by atoms with Crippen molar-refractivity contribution in [1.82, 2.24) is 4.57 Å². The molecule has 0 radical (unpaired) electrons. The van der Waals surface area contributed by atoms with Crippen LogP contribution in [0.2, 0.25) is 0 Å². The number of rotatable bonds is 7. The molecule has 270 valence electrons. The highest BCUT2D eigenvalue weighted by Gasteiger charge is 2.27. The van der Waals surface area contributed by atoms with Crippen molar-refractivity contribution >= 4 is 72.1 Å². The van der Waals surface area contributed by atoms with Crippen LogP contribution in [0.3, 0.4) is 0 Å². The van der Waals surface area contributed by atoms with E-state index in [1.165, 1.54) is 50.0 Å². The molecule has 0 unspecified atom stereocenters. The Morgan fingerprint density at radius 3 is 1.56 bits per heavy atom. The zero-order valence-electron chi connectivity index (χ0n) is 31.3. The molecule has 57 heavy (non-hydrogen) atoms. The van der Waals surface area contributed by atoms with Crippen LogP contribution in [-0.2, 0) is 0 Å². The topological polar surface area (TPSA) is 21.3 Å². The minimum Gasteiger partial charge on any atom is -0.455 e. The number of anilines is 3. The van der Waals surface area contributed by atoms with Crippen molar-refractivity contribution in [3.05, 3.63) is 212 Å². The molecule has 1 aliphatic rings. The lowest BCUT2D eigenvalue weighted by atomic mass is 9.95. The third-order valence-corrected chi connectivity index (χ3v) is 11.5. The van der Waals surface area contributed by atoms with Crippen molar-refractivity contribution in [2.75, 3.05) is 4.90 Å². The first kappa shape index (κ1) is 33.0. The Morgan fingerprint density at radius 1 is 0.439 bits per heavy atom. The first-order valence-electron chi connectivity index (χ1n) is 19.7. The van der Waals surface area contributed by atoms with E-state index < -0.39 is 0 Å². The predicted octanol–water partition coefficient (Wildman–Crippen LogP) is 15.2. The Labute approximate surface area is 331 Å². The van der Waals surface area contributed by atoms with Gasteiger partial charge in [-0.1, -0.05) is 158 Å². The van der Waals surface area contributed by atoms with Crippen molar-refractivity contribution in [2.45, 2.75) is 12.8 Å². The van der Waals surface area contributed by atoms with Gasteiger partial charge < -0.3 is 13.9 Å².